The van der Waals surface area contributed by atoms with Gasteiger partial charge in [0.2, 0.25) is 0 Å². The first-order valence-corrected chi connectivity index (χ1v) is 8.65. The normalized spacial score (nSPS) is 10.4. The Bertz CT molecular complexity index is 991. The number of hydrogen-bond donors (Lipinski definition) is 2. The van der Waals surface area contributed by atoms with E-state index in [1.54, 1.807) is 25.3 Å². The summed E-state index contributed by atoms with van der Waals surface area (Å²) in [7, 11) is 1.55. The first kappa shape index (κ1) is 18.7. The molecule has 0 aliphatic heterocycles. The number of nitrogens with one attached hydrogen (secondary N) is 2. The van der Waals surface area contributed by atoms with Crippen LogP contribution in [0.15, 0.2) is 48.8 Å². The predicted octanol–water partition coefficient (Wildman–Crippen LogP) is 4.75. The van der Waals surface area contributed by atoms with Gasteiger partial charge in [0.15, 0.2) is 0 Å². The van der Waals surface area contributed by atoms with Crippen LogP contribution in [0.1, 0.15) is 21.6 Å². The van der Waals surface area contributed by atoms with Crippen molar-refractivity contribution in [3.8, 4) is 5.75 Å². The van der Waals surface area contributed by atoms with E-state index in [4.69, 9.17) is 16.3 Å². The molecule has 2 N–H and O–H groups in total. The number of hydrogen-bond acceptors (Lipinski definition) is 5. The number of anilines is 3. The zero-order valence-electron chi connectivity index (χ0n) is 15.2. The molecular weight excluding hydrogens is 364 g/mol. The van der Waals surface area contributed by atoms with Crippen LogP contribution in [-0.2, 0) is 0 Å². The molecule has 0 spiro atoms. The summed E-state index contributed by atoms with van der Waals surface area (Å²) < 4.78 is 5.14. The van der Waals surface area contributed by atoms with Crippen molar-refractivity contribution in [1.82, 2.24) is 9.97 Å². The molecule has 6 nitrogen and oxygen atoms in total. The van der Waals surface area contributed by atoms with Crippen molar-refractivity contribution in [2.24, 2.45) is 0 Å². The molecule has 1 heterocycles. The number of nitrogens with zero attached hydrogens (tertiary/aromatic N) is 2. The van der Waals surface area contributed by atoms with Crippen LogP contribution in [0, 0.1) is 13.8 Å². The second kappa shape index (κ2) is 8.05. The lowest BCUT2D eigenvalue weighted by atomic mass is 10.1. The standard InChI is InChI=1S/C20H19ClN4O2/c1-12-4-6-16(13(2)8-12)25-20(26)17-10-19(23-11-22-17)24-14-5-7-18(27-3)15(21)9-14/h4-11H,1-3H3,(H,25,26)(H,22,23,24). The Morgan fingerprint density at radius 1 is 1.07 bits per heavy atom. The predicted molar refractivity (Wildman–Crippen MR) is 107 cm³/mol. The van der Waals surface area contributed by atoms with Crippen molar-refractivity contribution in [2.75, 3.05) is 17.7 Å². The van der Waals surface area contributed by atoms with E-state index in [0.717, 1.165) is 22.5 Å². The van der Waals surface area contributed by atoms with E-state index in [2.05, 4.69) is 20.6 Å². The highest BCUT2D eigenvalue weighted by molar-refractivity contribution is 6.32. The highest BCUT2D eigenvalue weighted by atomic mass is 35.5. The third-order valence-corrected chi connectivity index (χ3v) is 4.25. The summed E-state index contributed by atoms with van der Waals surface area (Å²) in [5.41, 5.74) is 3.86. The van der Waals surface area contributed by atoms with Crippen LogP contribution in [0.2, 0.25) is 5.02 Å². The van der Waals surface area contributed by atoms with Crippen molar-refractivity contribution in [1.29, 1.82) is 0 Å². The number of halogens is 1. The van der Waals surface area contributed by atoms with Crippen LogP contribution < -0.4 is 15.4 Å². The van der Waals surface area contributed by atoms with Gasteiger partial charge in [0, 0.05) is 17.4 Å². The molecule has 27 heavy (non-hydrogen) atoms. The molecule has 2 aromatic carbocycles. The maximum Gasteiger partial charge on any atom is 0.274 e. The Labute approximate surface area is 162 Å². The molecule has 138 valence electrons. The van der Waals surface area contributed by atoms with Crippen molar-refractivity contribution >= 4 is 34.7 Å². The number of carbonyl (C=O) groups excluding carboxylic acids is 1. The number of rotatable bonds is 5. The van der Waals surface area contributed by atoms with E-state index in [1.165, 1.54) is 6.33 Å². The molecule has 0 atom stereocenters. The largest absolute Gasteiger partial charge is 0.495 e. The smallest absolute Gasteiger partial charge is 0.274 e. The summed E-state index contributed by atoms with van der Waals surface area (Å²) in [6, 6.07) is 12.7. The van der Waals surface area contributed by atoms with Crippen LogP contribution in [0.5, 0.6) is 5.75 Å². The van der Waals surface area contributed by atoms with Gasteiger partial charge in [-0.2, -0.15) is 0 Å². The zero-order chi connectivity index (χ0) is 19.4. The molecule has 0 fully saturated rings. The van der Waals surface area contributed by atoms with Gasteiger partial charge in [-0.1, -0.05) is 29.3 Å². The molecule has 0 unspecified atom stereocenters. The maximum absolute atomic E-state index is 12.5. The van der Waals surface area contributed by atoms with Gasteiger partial charge in [-0.15, -0.1) is 0 Å². The van der Waals surface area contributed by atoms with Gasteiger partial charge in [-0.3, -0.25) is 4.79 Å². The third kappa shape index (κ3) is 4.54. The van der Waals surface area contributed by atoms with Gasteiger partial charge in [0.1, 0.15) is 23.6 Å². The van der Waals surface area contributed by atoms with Gasteiger partial charge in [-0.05, 0) is 43.7 Å². The quantitative estimate of drug-likeness (QED) is 0.665. The Kier molecular flexibility index (Phi) is 5.57. The van der Waals surface area contributed by atoms with Gasteiger partial charge in [0.05, 0.1) is 12.1 Å². The Hall–Kier alpha value is -3.12. The minimum atomic E-state index is -0.305. The molecule has 3 rings (SSSR count). The fourth-order valence-corrected chi connectivity index (χ4v) is 2.84. The molecule has 1 aromatic heterocycles. The molecule has 0 saturated carbocycles. The highest BCUT2D eigenvalue weighted by Gasteiger charge is 2.11. The van der Waals surface area contributed by atoms with E-state index in [9.17, 15) is 4.79 Å². The SMILES string of the molecule is COc1ccc(Nc2cc(C(=O)Nc3ccc(C)cc3C)ncn2)cc1Cl. The van der Waals surface area contributed by atoms with Crippen LogP contribution in [0.3, 0.4) is 0 Å². The Morgan fingerprint density at radius 2 is 1.89 bits per heavy atom. The highest BCUT2D eigenvalue weighted by Crippen LogP contribution is 2.28. The third-order valence-electron chi connectivity index (χ3n) is 3.95. The summed E-state index contributed by atoms with van der Waals surface area (Å²) >= 11 is 6.13. The average Bonchev–Trinajstić information content (AvgIpc) is 2.64. The van der Waals surface area contributed by atoms with Gasteiger partial charge in [0.25, 0.3) is 5.91 Å². The number of carbonyl (C=O) groups is 1. The minimum Gasteiger partial charge on any atom is -0.495 e. The van der Waals surface area contributed by atoms with Gasteiger partial charge in [-0.25, -0.2) is 9.97 Å². The van der Waals surface area contributed by atoms with Crippen molar-refractivity contribution in [3.05, 3.63) is 70.6 Å². The molecule has 0 radical (unpaired) electrons. The van der Waals surface area contributed by atoms with E-state index in [0.29, 0.717) is 16.6 Å². The fraction of sp³-hybridized carbons (Fsp3) is 0.150. The van der Waals surface area contributed by atoms with Crippen LogP contribution in [0.4, 0.5) is 17.2 Å². The number of aryl methyl sites for hydroxylation is 2. The van der Waals surface area contributed by atoms with Crippen molar-refractivity contribution in [3.63, 3.8) is 0 Å². The summed E-state index contributed by atoms with van der Waals surface area (Å²) in [4.78, 5) is 20.7. The first-order valence-electron chi connectivity index (χ1n) is 8.27. The van der Waals surface area contributed by atoms with Crippen LogP contribution in [0.25, 0.3) is 0 Å². The molecule has 0 aliphatic rings. The number of benzene rings is 2. The van der Waals surface area contributed by atoms with Crippen LogP contribution >= 0.6 is 11.6 Å². The molecule has 0 bridgehead atoms. The maximum atomic E-state index is 12.5. The molecule has 0 aliphatic carbocycles. The van der Waals surface area contributed by atoms with Crippen molar-refractivity contribution < 1.29 is 9.53 Å². The lowest BCUT2D eigenvalue weighted by Crippen LogP contribution is -2.15. The lowest BCUT2D eigenvalue weighted by Gasteiger charge is -2.10. The summed E-state index contributed by atoms with van der Waals surface area (Å²) in [6.07, 6.45) is 1.34. The summed E-state index contributed by atoms with van der Waals surface area (Å²) in [5.74, 6) is 0.760. The molecule has 7 heteroatoms. The Morgan fingerprint density at radius 3 is 2.59 bits per heavy atom. The molecule has 1 amide bonds. The second-order valence-electron chi connectivity index (χ2n) is 6.04. The van der Waals surface area contributed by atoms with Crippen LogP contribution in [-0.4, -0.2) is 23.0 Å². The van der Waals surface area contributed by atoms with Crippen molar-refractivity contribution in [2.45, 2.75) is 13.8 Å². The monoisotopic (exact) mass is 382 g/mol. The Balaban J connectivity index is 1.76. The average molecular weight is 383 g/mol. The lowest BCUT2D eigenvalue weighted by molar-refractivity contribution is 0.102. The van der Waals surface area contributed by atoms with E-state index >= 15 is 0 Å². The number of ether oxygens (including phenoxy) is 1. The van der Waals surface area contributed by atoms with E-state index < -0.39 is 0 Å². The number of methoxy groups -OCH3 is 1. The first-order chi connectivity index (χ1) is 13.0. The zero-order valence-corrected chi connectivity index (χ0v) is 16.0. The van der Waals surface area contributed by atoms with Gasteiger partial charge >= 0.3 is 0 Å². The summed E-state index contributed by atoms with van der Waals surface area (Å²) in [6.45, 7) is 3.95. The fourth-order valence-electron chi connectivity index (χ4n) is 2.58. The molecular formula is C20H19ClN4O2. The van der Waals surface area contributed by atoms with E-state index in [-0.39, 0.29) is 11.6 Å². The molecule has 3 aromatic rings. The minimum absolute atomic E-state index is 0.257. The number of amides is 1. The second-order valence-corrected chi connectivity index (χ2v) is 6.44. The topological polar surface area (TPSA) is 76.1 Å². The summed E-state index contributed by atoms with van der Waals surface area (Å²) in [5, 5.41) is 6.45. The molecule has 0 saturated heterocycles. The number of aromatic nitrogens is 2. The van der Waals surface area contributed by atoms with Gasteiger partial charge < -0.3 is 15.4 Å². The van der Waals surface area contributed by atoms with E-state index in [1.807, 2.05) is 38.1 Å².